The monoisotopic (exact) mass is 313 g/mol. The quantitative estimate of drug-likeness (QED) is 0.597. The maximum atomic E-state index is 6.25. The number of hydrogen-bond acceptors (Lipinski definition) is 5. The van der Waals surface area contributed by atoms with Gasteiger partial charge in [0.25, 0.3) is 0 Å². The molecular formula is C15H24ClN3O2. The lowest BCUT2D eigenvalue weighted by molar-refractivity contribution is 0.00603. The number of nitrogens with zero attached hydrogens (tertiary/aromatic N) is 3. The van der Waals surface area contributed by atoms with Gasteiger partial charge in [0.2, 0.25) is 0 Å². The second-order valence-electron chi connectivity index (χ2n) is 5.27. The number of methoxy groups -OCH3 is 1. The van der Waals surface area contributed by atoms with Crippen molar-refractivity contribution in [2.75, 3.05) is 38.3 Å². The van der Waals surface area contributed by atoms with Crippen LogP contribution in [0.25, 0.3) is 0 Å². The van der Waals surface area contributed by atoms with Gasteiger partial charge in [-0.15, -0.1) is 0 Å². The molecule has 1 aliphatic heterocycles. The second kappa shape index (κ2) is 7.92. The van der Waals surface area contributed by atoms with Crippen LogP contribution in [-0.2, 0) is 15.9 Å². The first kappa shape index (κ1) is 16.5. The summed E-state index contributed by atoms with van der Waals surface area (Å²) >= 11 is 6.25. The molecule has 0 spiro atoms. The fraction of sp³-hybridized carbons (Fsp3) is 0.733. The Balaban J connectivity index is 1.99. The first-order chi connectivity index (χ1) is 10.2. The first-order valence-electron chi connectivity index (χ1n) is 7.54. The number of hydrogen-bond donors (Lipinski definition) is 0. The molecule has 0 N–H and O–H groups in total. The average Bonchev–Trinajstić information content (AvgIpc) is 2.47. The van der Waals surface area contributed by atoms with E-state index >= 15 is 0 Å². The highest BCUT2D eigenvalue weighted by Crippen LogP contribution is 2.27. The lowest BCUT2D eigenvalue weighted by Crippen LogP contribution is -2.38. The molecule has 0 saturated carbocycles. The Bertz CT molecular complexity index is 462. The third-order valence-electron chi connectivity index (χ3n) is 3.78. The van der Waals surface area contributed by atoms with E-state index in [4.69, 9.17) is 21.1 Å². The highest BCUT2D eigenvalue weighted by atomic mass is 35.5. The Kier molecular flexibility index (Phi) is 6.21. The summed E-state index contributed by atoms with van der Waals surface area (Å²) < 4.78 is 10.8. The van der Waals surface area contributed by atoms with Crippen molar-refractivity contribution in [2.45, 2.75) is 39.2 Å². The van der Waals surface area contributed by atoms with Crippen molar-refractivity contribution in [3.05, 3.63) is 16.5 Å². The molecule has 1 aliphatic rings. The molecule has 0 aliphatic carbocycles. The van der Waals surface area contributed by atoms with Crippen LogP contribution < -0.4 is 4.90 Å². The summed E-state index contributed by atoms with van der Waals surface area (Å²) in [6.45, 7) is 7.18. The molecule has 5 nitrogen and oxygen atoms in total. The predicted octanol–water partition coefficient (Wildman–Crippen LogP) is 2.63. The standard InChI is InChI=1S/C15H24ClN3O2/c1-4-13-14(16)17-11(2)18-15(13)19-7-5-12(6-8-19)21-10-9-20-3/h12H,4-10H2,1-3H3. The van der Waals surface area contributed by atoms with Gasteiger partial charge in [0.1, 0.15) is 16.8 Å². The van der Waals surface area contributed by atoms with E-state index < -0.39 is 0 Å². The van der Waals surface area contributed by atoms with E-state index in [0.717, 1.165) is 49.6 Å². The van der Waals surface area contributed by atoms with E-state index in [2.05, 4.69) is 21.8 Å². The molecule has 0 amide bonds. The van der Waals surface area contributed by atoms with Crippen LogP contribution in [0.4, 0.5) is 5.82 Å². The molecule has 0 aromatic carbocycles. The largest absolute Gasteiger partial charge is 0.382 e. The number of aryl methyl sites for hydroxylation is 1. The van der Waals surface area contributed by atoms with Crippen LogP contribution in [0.1, 0.15) is 31.2 Å². The van der Waals surface area contributed by atoms with Gasteiger partial charge < -0.3 is 14.4 Å². The molecule has 21 heavy (non-hydrogen) atoms. The van der Waals surface area contributed by atoms with E-state index in [1.54, 1.807) is 7.11 Å². The topological polar surface area (TPSA) is 47.5 Å². The zero-order valence-electron chi connectivity index (χ0n) is 13.1. The molecule has 0 atom stereocenters. The zero-order chi connectivity index (χ0) is 15.2. The van der Waals surface area contributed by atoms with E-state index in [0.29, 0.717) is 24.5 Å². The zero-order valence-corrected chi connectivity index (χ0v) is 13.8. The van der Waals surface area contributed by atoms with Crippen LogP contribution in [0.15, 0.2) is 0 Å². The molecule has 1 aromatic heterocycles. The molecule has 0 radical (unpaired) electrons. The van der Waals surface area contributed by atoms with Gasteiger partial charge in [0.15, 0.2) is 0 Å². The van der Waals surface area contributed by atoms with Gasteiger partial charge in [-0.05, 0) is 26.2 Å². The minimum absolute atomic E-state index is 0.319. The number of ether oxygens (including phenoxy) is 2. The third kappa shape index (κ3) is 4.28. The Morgan fingerprint density at radius 2 is 1.95 bits per heavy atom. The normalized spacial score (nSPS) is 16.5. The molecule has 2 heterocycles. The van der Waals surface area contributed by atoms with Crippen LogP contribution in [0.5, 0.6) is 0 Å². The minimum Gasteiger partial charge on any atom is -0.382 e. The summed E-state index contributed by atoms with van der Waals surface area (Å²) in [5.41, 5.74) is 1.04. The molecule has 1 aromatic rings. The Morgan fingerprint density at radius 1 is 1.24 bits per heavy atom. The van der Waals surface area contributed by atoms with E-state index in [9.17, 15) is 0 Å². The van der Waals surface area contributed by atoms with Crippen molar-refractivity contribution in [2.24, 2.45) is 0 Å². The highest BCUT2D eigenvalue weighted by Gasteiger charge is 2.23. The third-order valence-corrected chi connectivity index (χ3v) is 4.10. The van der Waals surface area contributed by atoms with Crippen LogP contribution in [0.3, 0.4) is 0 Å². The van der Waals surface area contributed by atoms with Gasteiger partial charge >= 0.3 is 0 Å². The Labute approximate surface area is 131 Å². The average molecular weight is 314 g/mol. The predicted molar refractivity (Wildman–Crippen MR) is 84.2 cm³/mol. The van der Waals surface area contributed by atoms with Gasteiger partial charge in [0.05, 0.1) is 19.3 Å². The maximum absolute atomic E-state index is 6.25. The summed E-state index contributed by atoms with van der Waals surface area (Å²) in [5.74, 6) is 1.72. The van der Waals surface area contributed by atoms with Gasteiger partial charge in [-0.25, -0.2) is 9.97 Å². The van der Waals surface area contributed by atoms with Crippen molar-refractivity contribution in [1.82, 2.24) is 9.97 Å². The van der Waals surface area contributed by atoms with E-state index in [1.165, 1.54) is 0 Å². The van der Waals surface area contributed by atoms with Gasteiger partial charge in [-0.3, -0.25) is 0 Å². The van der Waals surface area contributed by atoms with Crippen molar-refractivity contribution in [3.63, 3.8) is 0 Å². The van der Waals surface area contributed by atoms with Crippen molar-refractivity contribution in [3.8, 4) is 0 Å². The van der Waals surface area contributed by atoms with Crippen LogP contribution in [0, 0.1) is 6.92 Å². The summed E-state index contributed by atoms with van der Waals surface area (Å²) in [6.07, 6.45) is 3.18. The van der Waals surface area contributed by atoms with Crippen LogP contribution in [0.2, 0.25) is 5.15 Å². The summed E-state index contributed by atoms with van der Waals surface area (Å²) in [7, 11) is 1.69. The maximum Gasteiger partial charge on any atom is 0.138 e. The van der Waals surface area contributed by atoms with E-state index in [-0.39, 0.29) is 0 Å². The SMILES string of the molecule is CCc1c(Cl)nc(C)nc1N1CCC(OCCOC)CC1. The smallest absolute Gasteiger partial charge is 0.138 e. The first-order valence-corrected chi connectivity index (χ1v) is 7.92. The Morgan fingerprint density at radius 3 is 2.57 bits per heavy atom. The molecule has 6 heteroatoms. The second-order valence-corrected chi connectivity index (χ2v) is 5.63. The molecular weight excluding hydrogens is 290 g/mol. The highest BCUT2D eigenvalue weighted by molar-refractivity contribution is 6.30. The van der Waals surface area contributed by atoms with Crippen LogP contribution in [-0.4, -0.2) is 49.5 Å². The van der Waals surface area contributed by atoms with Crippen LogP contribution >= 0.6 is 11.6 Å². The fourth-order valence-electron chi connectivity index (χ4n) is 2.65. The lowest BCUT2D eigenvalue weighted by Gasteiger charge is -2.34. The summed E-state index contributed by atoms with van der Waals surface area (Å²) in [4.78, 5) is 11.2. The van der Waals surface area contributed by atoms with Gasteiger partial charge in [-0.2, -0.15) is 0 Å². The van der Waals surface area contributed by atoms with E-state index in [1.807, 2.05) is 6.92 Å². The molecule has 0 bridgehead atoms. The number of piperidine rings is 1. The molecule has 2 rings (SSSR count). The van der Waals surface area contributed by atoms with Crippen molar-refractivity contribution in [1.29, 1.82) is 0 Å². The van der Waals surface area contributed by atoms with Crippen molar-refractivity contribution >= 4 is 17.4 Å². The minimum atomic E-state index is 0.319. The number of halogens is 1. The summed E-state index contributed by atoms with van der Waals surface area (Å²) in [6, 6.07) is 0. The number of anilines is 1. The van der Waals surface area contributed by atoms with Gasteiger partial charge in [0, 0.05) is 25.8 Å². The molecule has 118 valence electrons. The number of rotatable bonds is 6. The fourth-order valence-corrected chi connectivity index (χ4v) is 2.99. The molecule has 0 unspecified atom stereocenters. The lowest BCUT2D eigenvalue weighted by atomic mass is 10.1. The van der Waals surface area contributed by atoms with Gasteiger partial charge in [-0.1, -0.05) is 18.5 Å². The Hall–Kier alpha value is -0.910. The molecule has 1 fully saturated rings. The number of aromatic nitrogens is 2. The molecule has 1 saturated heterocycles. The van der Waals surface area contributed by atoms with Crippen molar-refractivity contribution < 1.29 is 9.47 Å². The summed E-state index contributed by atoms with van der Waals surface area (Å²) in [5, 5.41) is 0.582.